The van der Waals surface area contributed by atoms with Gasteiger partial charge in [-0.25, -0.2) is 0 Å². The molecule has 1 N–H and O–H groups in total. The van der Waals surface area contributed by atoms with E-state index in [0.717, 1.165) is 49.9 Å². The molecule has 0 radical (unpaired) electrons. The fraction of sp³-hybridized carbons (Fsp3) is 0.850. The largest absolute Gasteiger partial charge is 0.393 e. The zero-order valence-electron chi connectivity index (χ0n) is 14.1. The Kier molecular flexibility index (Phi) is 3.52. The van der Waals surface area contributed by atoms with E-state index in [1.807, 2.05) is 6.08 Å². The van der Waals surface area contributed by atoms with Gasteiger partial charge in [-0.05, 0) is 86.0 Å². The summed E-state index contributed by atoms with van der Waals surface area (Å²) in [7, 11) is 0. The highest BCUT2D eigenvalue weighted by Crippen LogP contribution is 2.64. The molecular weight excluding hydrogens is 272 g/mol. The van der Waals surface area contributed by atoms with E-state index >= 15 is 0 Å². The van der Waals surface area contributed by atoms with Crippen LogP contribution in [-0.2, 0) is 4.79 Å². The van der Waals surface area contributed by atoms with Crippen LogP contribution in [0.3, 0.4) is 0 Å². The summed E-state index contributed by atoms with van der Waals surface area (Å²) in [6, 6.07) is 0. The summed E-state index contributed by atoms with van der Waals surface area (Å²) >= 11 is 0. The van der Waals surface area contributed by atoms with E-state index in [-0.39, 0.29) is 11.5 Å². The summed E-state index contributed by atoms with van der Waals surface area (Å²) in [6.07, 6.45) is 10.8. The molecule has 2 nitrogen and oxygen atoms in total. The smallest absolute Gasteiger partial charge is 0.155 e. The van der Waals surface area contributed by atoms with Crippen molar-refractivity contribution in [2.45, 2.75) is 71.3 Å². The highest BCUT2D eigenvalue weighted by atomic mass is 16.3. The van der Waals surface area contributed by atoms with Crippen molar-refractivity contribution < 1.29 is 9.90 Å². The lowest BCUT2D eigenvalue weighted by atomic mass is 9.49. The van der Waals surface area contributed by atoms with Crippen LogP contribution in [0.5, 0.6) is 0 Å². The summed E-state index contributed by atoms with van der Waals surface area (Å²) in [5.41, 5.74) is 1.67. The van der Waals surface area contributed by atoms with Crippen molar-refractivity contribution in [2.75, 3.05) is 0 Å². The summed E-state index contributed by atoms with van der Waals surface area (Å²) < 4.78 is 0. The second-order valence-electron chi connectivity index (χ2n) is 8.58. The molecule has 0 bridgehead atoms. The molecule has 0 unspecified atom stereocenters. The molecule has 0 spiro atoms. The van der Waals surface area contributed by atoms with E-state index in [1.165, 1.54) is 24.8 Å². The minimum atomic E-state index is -0.0690. The minimum absolute atomic E-state index is 0.0690. The van der Waals surface area contributed by atoms with Gasteiger partial charge in [-0.3, -0.25) is 4.79 Å². The van der Waals surface area contributed by atoms with Crippen LogP contribution in [0.25, 0.3) is 0 Å². The third-order valence-corrected chi connectivity index (χ3v) is 7.97. The van der Waals surface area contributed by atoms with E-state index in [1.54, 1.807) is 0 Å². The second-order valence-corrected chi connectivity index (χ2v) is 8.58. The average molecular weight is 302 g/mol. The maximum absolute atomic E-state index is 11.8. The zero-order valence-corrected chi connectivity index (χ0v) is 14.1. The predicted molar refractivity (Wildman–Crippen MR) is 87.3 cm³/mol. The first kappa shape index (κ1) is 14.9. The van der Waals surface area contributed by atoms with Crippen LogP contribution >= 0.6 is 0 Å². The molecule has 0 heterocycles. The van der Waals surface area contributed by atoms with Crippen molar-refractivity contribution in [3.8, 4) is 0 Å². The number of aliphatic hydroxyl groups is 1. The first-order chi connectivity index (χ1) is 10.6. The van der Waals surface area contributed by atoms with Crippen molar-refractivity contribution in [3.63, 3.8) is 0 Å². The number of carbonyl (C=O) groups is 1. The number of aliphatic hydroxyl groups excluding tert-OH is 1. The van der Waals surface area contributed by atoms with Crippen molar-refractivity contribution in [2.24, 2.45) is 35.0 Å². The van der Waals surface area contributed by atoms with Gasteiger partial charge in [0.1, 0.15) is 0 Å². The topological polar surface area (TPSA) is 37.3 Å². The molecule has 0 aromatic carbocycles. The molecule has 3 saturated carbocycles. The first-order valence-electron chi connectivity index (χ1n) is 9.48. The van der Waals surface area contributed by atoms with Crippen LogP contribution in [0.2, 0.25) is 0 Å². The number of allylic oxidation sites excluding steroid dienone is 1. The Morgan fingerprint density at radius 2 is 2.09 bits per heavy atom. The number of rotatable bonds is 1. The van der Waals surface area contributed by atoms with Crippen LogP contribution in [0, 0.1) is 35.0 Å². The Morgan fingerprint density at radius 3 is 2.86 bits per heavy atom. The standard InChI is InChI=1S/C20H30O2/c1-3-20-9-8-16-15-5-4-14(21)11-13(15)10-12(2)19(16)17(20)6-7-18(20)22/h11-12,15-19,22H,3-10H2,1-2H3/t12-,15+,16-,17+,18+,19-,20+/m1/s1. The maximum atomic E-state index is 11.8. The van der Waals surface area contributed by atoms with Crippen molar-refractivity contribution in [1.82, 2.24) is 0 Å². The highest BCUT2D eigenvalue weighted by Gasteiger charge is 2.58. The number of fused-ring (bicyclic) bond motifs is 5. The molecule has 0 amide bonds. The zero-order chi connectivity index (χ0) is 15.5. The van der Waals surface area contributed by atoms with Crippen LogP contribution in [0.1, 0.15) is 65.2 Å². The third-order valence-electron chi connectivity index (χ3n) is 7.97. The Balaban J connectivity index is 1.68. The molecule has 22 heavy (non-hydrogen) atoms. The molecule has 3 fully saturated rings. The van der Waals surface area contributed by atoms with Crippen molar-refractivity contribution >= 4 is 5.78 Å². The maximum Gasteiger partial charge on any atom is 0.155 e. The molecule has 4 aliphatic rings. The number of carbonyl (C=O) groups excluding carboxylic acids is 1. The number of hydrogen-bond donors (Lipinski definition) is 1. The fourth-order valence-corrected chi connectivity index (χ4v) is 7.05. The molecule has 4 aliphatic carbocycles. The van der Waals surface area contributed by atoms with Gasteiger partial charge < -0.3 is 5.11 Å². The third kappa shape index (κ3) is 1.92. The Labute approximate surface area is 134 Å². The van der Waals surface area contributed by atoms with Gasteiger partial charge in [0.15, 0.2) is 5.78 Å². The van der Waals surface area contributed by atoms with Gasteiger partial charge >= 0.3 is 0 Å². The summed E-state index contributed by atoms with van der Waals surface area (Å²) in [4.78, 5) is 11.8. The van der Waals surface area contributed by atoms with Crippen LogP contribution in [0.15, 0.2) is 11.6 Å². The van der Waals surface area contributed by atoms with Crippen LogP contribution in [0.4, 0.5) is 0 Å². The van der Waals surface area contributed by atoms with Crippen LogP contribution in [-0.4, -0.2) is 17.0 Å². The van der Waals surface area contributed by atoms with E-state index in [9.17, 15) is 9.90 Å². The summed E-state index contributed by atoms with van der Waals surface area (Å²) in [5.74, 6) is 3.98. The lowest BCUT2D eigenvalue weighted by Crippen LogP contribution is -2.51. The van der Waals surface area contributed by atoms with Gasteiger partial charge in [0, 0.05) is 6.42 Å². The normalized spacial score (nSPS) is 50.9. The summed E-state index contributed by atoms with van der Waals surface area (Å²) in [6.45, 7) is 4.70. The summed E-state index contributed by atoms with van der Waals surface area (Å²) in [5, 5.41) is 10.7. The molecule has 4 rings (SSSR count). The van der Waals surface area contributed by atoms with Gasteiger partial charge in [0.05, 0.1) is 6.10 Å². The average Bonchev–Trinajstić information content (AvgIpc) is 2.84. The van der Waals surface area contributed by atoms with E-state index in [4.69, 9.17) is 0 Å². The molecule has 0 aromatic rings. The van der Waals surface area contributed by atoms with Gasteiger partial charge in [0.2, 0.25) is 0 Å². The van der Waals surface area contributed by atoms with Crippen molar-refractivity contribution in [3.05, 3.63) is 11.6 Å². The van der Waals surface area contributed by atoms with Crippen molar-refractivity contribution in [1.29, 1.82) is 0 Å². The van der Waals surface area contributed by atoms with E-state index < -0.39 is 0 Å². The molecule has 0 aliphatic heterocycles. The molecule has 7 atom stereocenters. The fourth-order valence-electron chi connectivity index (χ4n) is 7.05. The number of ketones is 1. The SMILES string of the molecule is CC[C@]12CC[C@H]3[C@@H]([C@H](C)CC4=CC(=O)CC[C@@H]43)[C@@H]1CC[C@@H]2O. The van der Waals surface area contributed by atoms with Gasteiger partial charge in [0.25, 0.3) is 0 Å². The number of hydrogen-bond acceptors (Lipinski definition) is 2. The van der Waals surface area contributed by atoms with Gasteiger partial charge in [-0.1, -0.05) is 19.4 Å². The minimum Gasteiger partial charge on any atom is -0.393 e. The Morgan fingerprint density at radius 1 is 1.27 bits per heavy atom. The van der Waals surface area contributed by atoms with E-state index in [0.29, 0.717) is 17.6 Å². The molecule has 0 saturated heterocycles. The monoisotopic (exact) mass is 302 g/mol. The molecule has 2 heteroatoms. The van der Waals surface area contributed by atoms with Gasteiger partial charge in [-0.15, -0.1) is 0 Å². The van der Waals surface area contributed by atoms with Gasteiger partial charge in [-0.2, -0.15) is 0 Å². The lowest BCUT2D eigenvalue weighted by molar-refractivity contribution is -0.116. The quantitative estimate of drug-likeness (QED) is 0.791. The molecular formula is C20H30O2. The second kappa shape index (κ2) is 5.19. The first-order valence-corrected chi connectivity index (χ1v) is 9.48. The van der Waals surface area contributed by atoms with E-state index in [2.05, 4.69) is 13.8 Å². The Bertz CT molecular complexity index is 508. The predicted octanol–water partition coefficient (Wildman–Crippen LogP) is 4.13. The highest BCUT2D eigenvalue weighted by molar-refractivity contribution is 5.91. The Hall–Kier alpha value is -0.630. The molecule has 0 aromatic heterocycles. The van der Waals surface area contributed by atoms with Crippen LogP contribution < -0.4 is 0 Å². The molecule has 122 valence electrons. The lowest BCUT2D eigenvalue weighted by Gasteiger charge is -2.56.